The third-order valence-corrected chi connectivity index (χ3v) is 13.5. The zero-order valence-corrected chi connectivity index (χ0v) is 34.4. The van der Waals surface area contributed by atoms with E-state index in [2.05, 4.69) is 70.1 Å². The van der Waals surface area contributed by atoms with Crippen LogP contribution in [0.2, 0.25) is 0 Å². The van der Waals surface area contributed by atoms with E-state index >= 15 is 0 Å². The van der Waals surface area contributed by atoms with Crippen LogP contribution in [0.15, 0.2) is 71.5 Å². The first-order chi connectivity index (χ1) is 28.7. The van der Waals surface area contributed by atoms with Gasteiger partial charge in [0.05, 0.1) is 11.1 Å². The van der Waals surface area contributed by atoms with Crippen molar-refractivity contribution < 1.29 is 23.9 Å². The zero-order chi connectivity index (χ0) is 42.1. The molecule has 4 aromatic rings. The zero-order valence-electron chi connectivity index (χ0n) is 34.4. The molecule has 1 aliphatic carbocycles. The first-order valence-electron chi connectivity index (χ1n) is 20.8. The van der Waals surface area contributed by atoms with E-state index in [1.807, 2.05) is 36.4 Å². The van der Waals surface area contributed by atoms with Crippen molar-refractivity contribution in [2.75, 3.05) is 55.6 Å². The van der Waals surface area contributed by atoms with E-state index in [-0.39, 0.29) is 41.8 Å². The van der Waals surface area contributed by atoms with Crippen molar-refractivity contribution >= 4 is 45.9 Å². The van der Waals surface area contributed by atoms with E-state index in [9.17, 15) is 29.2 Å². The van der Waals surface area contributed by atoms with Crippen molar-refractivity contribution in [3.05, 3.63) is 99.3 Å². The summed E-state index contributed by atoms with van der Waals surface area (Å²) in [6.07, 6.45) is 0.353. The average molecular weight is 811 g/mol. The smallest absolute Gasteiger partial charge is 0.255 e. The quantitative estimate of drug-likeness (QED) is 0.210. The summed E-state index contributed by atoms with van der Waals surface area (Å²) in [6, 6.07) is 21.7. The molecule has 310 valence electrons. The molecule has 5 aliphatic rings. The molecule has 3 saturated heterocycles. The summed E-state index contributed by atoms with van der Waals surface area (Å²) in [4.78, 5) is 74.4. The number of hydrogen-bond acceptors (Lipinski definition) is 10. The number of anilines is 2. The van der Waals surface area contributed by atoms with Crippen LogP contribution in [0.25, 0.3) is 10.9 Å². The number of fused-ring (bicyclic) bond motifs is 2. The molecule has 4 amide bonds. The lowest BCUT2D eigenvalue weighted by Crippen LogP contribution is -2.74. The number of piperazine rings is 1. The molecule has 5 heterocycles. The predicted molar refractivity (Wildman–Crippen MR) is 226 cm³/mol. The number of benzene rings is 3. The first kappa shape index (κ1) is 39.3. The molecule has 1 unspecified atom stereocenters. The van der Waals surface area contributed by atoms with Gasteiger partial charge < -0.3 is 29.7 Å². The maximum absolute atomic E-state index is 13.6. The van der Waals surface area contributed by atoms with Crippen LogP contribution in [-0.4, -0.2) is 102 Å². The van der Waals surface area contributed by atoms with Crippen LogP contribution in [-0.2, 0) is 16.1 Å². The number of nitrogens with one attached hydrogen (secondary N) is 3. The number of aromatic amines is 1. The fourth-order valence-corrected chi connectivity index (χ4v) is 10.6. The summed E-state index contributed by atoms with van der Waals surface area (Å²) < 4.78 is 6.61. The molecule has 1 aromatic heterocycles. The molecule has 1 atom stereocenters. The lowest BCUT2D eigenvalue weighted by atomic mass is 9.49. The Morgan fingerprint density at radius 2 is 1.60 bits per heavy atom. The summed E-state index contributed by atoms with van der Waals surface area (Å²) in [6.45, 7) is 15.4. The third kappa shape index (κ3) is 6.84. The molecule has 4 fully saturated rings. The number of imide groups is 1. The van der Waals surface area contributed by atoms with E-state index in [1.54, 1.807) is 23.1 Å². The lowest BCUT2D eigenvalue weighted by Gasteiger charge is -2.63. The van der Waals surface area contributed by atoms with Crippen LogP contribution in [0.5, 0.6) is 5.75 Å². The van der Waals surface area contributed by atoms with Crippen LogP contribution in [0.3, 0.4) is 0 Å². The van der Waals surface area contributed by atoms with Gasteiger partial charge in [0, 0.05) is 116 Å². The molecule has 0 spiro atoms. The van der Waals surface area contributed by atoms with Crippen molar-refractivity contribution in [1.82, 2.24) is 25.4 Å². The fourth-order valence-electron chi connectivity index (χ4n) is 10.6. The van der Waals surface area contributed by atoms with Crippen LogP contribution < -0.4 is 30.7 Å². The number of nitriles is 1. The molecule has 1 saturated carbocycles. The first-order valence-corrected chi connectivity index (χ1v) is 20.8. The molecule has 9 rings (SSSR count). The standard InChI is InChI=1S/C46H50N8O6/c1-45(2)43(46(3,4)44(45)60-36-14-7-29(22-47)39-34(36)12-15-37(55)48-39)50-40(57)28-5-8-31(9-6-28)52-19-17-51(18-20-52)23-27-24-53(25-27)32-10-11-33-30(21-32)26-54(42(33)59)35-13-16-38(56)49-41(35)58/h5-12,14-15,21,27,35,43-44H,13,16-20,23-26H2,1-4H3,(H,48,55)(H,50,57)(H,49,56,58). The molecule has 3 N–H and O–H groups in total. The maximum atomic E-state index is 13.6. The van der Waals surface area contributed by atoms with Crippen LogP contribution in [0.1, 0.15) is 72.4 Å². The molecular weight excluding hydrogens is 761 g/mol. The molecule has 4 aliphatic heterocycles. The largest absolute Gasteiger partial charge is 0.488 e. The van der Waals surface area contributed by atoms with Gasteiger partial charge in [0.1, 0.15) is 24.0 Å². The summed E-state index contributed by atoms with van der Waals surface area (Å²) in [5, 5.41) is 15.9. The number of amides is 4. The Balaban J connectivity index is 0.742. The third-order valence-electron chi connectivity index (χ3n) is 13.5. The van der Waals surface area contributed by atoms with Gasteiger partial charge in [0.25, 0.3) is 11.8 Å². The summed E-state index contributed by atoms with van der Waals surface area (Å²) in [7, 11) is 0. The summed E-state index contributed by atoms with van der Waals surface area (Å²) in [5.41, 5.74) is 4.08. The monoisotopic (exact) mass is 810 g/mol. The van der Waals surface area contributed by atoms with E-state index in [1.165, 1.54) is 6.07 Å². The Hall–Kier alpha value is -6.20. The van der Waals surface area contributed by atoms with Crippen molar-refractivity contribution in [2.45, 2.75) is 65.3 Å². The number of nitrogens with zero attached hydrogens (tertiary/aromatic N) is 5. The van der Waals surface area contributed by atoms with Gasteiger partial charge in [0.15, 0.2) is 0 Å². The Morgan fingerprint density at radius 3 is 2.30 bits per heavy atom. The number of piperidine rings is 1. The van der Waals surface area contributed by atoms with Gasteiger partial charge in [-0.1, -0.05) is 27.7 Å². The lowest BCUT2D eigenvalue weighted by molar-refractivity contribution is -0.163. The van der Waals surface area contributed by atoms with Gasteiger partial charge >= 0.3 is 0 Å². The van der Waals surface area contributed by atoms with E-state index in [4.69, 9.17) is 4.74 Å². The molecule has 0 radical (unpaired) electrons. The second-order valence-corrected chi connectivity index (χ2v) is 18.2. The Labute approximate surface area is 348 Å². The molecule has 14 nitrogen and oxygen atoms in total. The van der Waals surface area contributed by atoms with Crippen molar-refractivity contribution in [3.63, 3.8) is 0 Å². The van der Waals surface area contributed by atoms with Crippen LogP contribution in [0.4, 0.5) is 11.4 Å². The van der Waals surface area contributed by atoms with Crippen molar-refractivity contribution in [3.8, 4) is 11.8 Å². The number of pyridine rings is 1. The van der Waals surface area contributed by atoms with Gasteiger partial charge in [-0.2, -0.15) is 5.26 Å². The second-order valence-electron chi connectivity index (χ2n) is 18.2. The number of hydrogen-bond donors (Lipinski definition) is 3. The molecule has 60 heavy (non-hydrogen) atoms. The van der Waals surface area contributed by atoms with Crippen molar-refractivity contribution in [2.24, 2.45) is 16.7 Å². The predicted octanol–water partition coefficient (Wildman–Crippen LogP) is 4.03. The minimum Gasteiger partial charge on any atom is -0.488 e. The number of carbonyl (C=O) groups excluding carboxylic acids is 4. The Kier molecular flexibility index (Phi) is 9.69. The average Bonchev–Trinajstić information content (AvgIpc) is 3.54. The SMILES string of the molecule is CC1(C)C(NC(=O)c2ccc(N3CCN(CC4CN(c5ccc6c(c5)CN(C5CCC(=O)NC5=O)C6=O)C4)CC3)cc2)C(C)(C)C1Oc1ccc(C#N)c2[nH]c(=O)ccc12. The normalized spacial score (nSPS) is 23.7. The van der Waals surface area contributed by atoms with Gasteiger partial charge in [-0.05, 0) is 72.6 Å². The number of aromatic nitrogens is 1. The van der Waals surface area contributed by atoms with Gasteiger partial charge in [-0.15, -0.1) is 0 Å². The van der Waals surface area contributed by atoms with Crippen LogP contribution in [0, 0.1) is 28.1 Å². The number of ether oxygens (including phenoxy) is 1. The summed E-state index contributed by atoms with van der Waals surface area (Å²) in [5.74, 6) is 0.179. The Bertz CT molecular complexity index is 2490. The Morgan fingerprint density at radius 1 is 0.883 bits per heavy atom. The van der Waals surface area contributed by atoms with Crippen LogP contribution >= 0.6 is 0 Å². The highest BCUT2D eigenvalue weighted by atomic mass is 16.5. The molecule has 0 bridgehead atoms. The molecule has 14 heteroatoms. The van der Waals surface area contributed by atoms with E-state index in [0.717, 1.165) is 62.8 Å². The molecule has 3 aromatic carbocycles. The highest BCUT2D eigenvalue weighted by Gasteiger charge is 2.64. The van der Waals surface area contributed by atoms with Gasteiger partial charge in [0.2, 0.25) is 17.4 Å². The van der Waals surface area contributed by atoms with E-state index in [0.29, 0.717) is 52.2 Å². The minimum atomic E-state index is -0.609. The summed E-state index contributed by atoms with van der Waals surface area (Å²) >= 11 is 0. The number of carbonyl (C=O) groups is 4. The number of rotatable bonds is 9. The van der Waals surface area contributed by atoms with E-state index < -0.39 is 22.8 Å². The molecular formula is C46H50N8O6. The van der Waals surface area contributed by atoms with Gasteiger partial charge in [-0.3, -0.25) is 34.2 Å². The highest BCUT2D eigenvalue weighted by molar-refractivity contribution is 6.05. The topological polar surface area (TPSA) is 171 Å². The second kappa shape index (κ2) is 14.8. The maximum Gasteiger partial charge on any atom is 0.255 e. The minimum absolute atomic E-state index is 0.130. The van der Waals surface area contributed by atoms with Gasteiger partial charge in [-0.25, -0.2) is 0 Å². The highest BCUT2D eigenvalue weighted by Crippen LogP contribution is 2.56. The van der Waals surface area contributed by atoms with Crippen molar-refractivity contribution in [1.29, 1.82) is 5.26 Å². The number of H-pyrrole nitrogens is 1. The fraction of sp³-hybridized carbons (Fsp3) is 0.435.